The van der Waals surface area contributed by atoms with Gasteiger partial charge in [-0.3, -0.25) is 9.69 Å². The van der Waals surface area contributed by atoms with E-state index in [1.54, 1.807) is 11.3 Å². The Balaban J connectivity index is 0.00000261. The molecule has 1 atom stereocenters. The van der Waals surface area contributed by atoms with Gasteiger partial charge in [0.05, 0.1) is 12.6 Å². The van der Waals surface area contributed by atoms with E-state index in [9.17, 15) is 4.79 Å². The summed E-state index contributed by atoms with van der Waals surface area (Å²) in [6.45, 7) is 5.45. The number of likely N-dealkylation sites (tertiary alicyclic amines) is 1. The molecule has 2 aromatic rings. The van der Waals surface area contributed by atoms with Gasteiger partial charge in [-0.05, 0) is 68.6 Å². The molecular weight excluding hydrogens is 380 g/mol. The van der Waals surface area contributed by atoms with Crippen LogP contribution < -0.4 is 10.1 Å². The van der Waals surface area contributed by atoms with Gasteiger partial charge in [0.25, 0.3) is 5.91 Å². The van der Waals surface area contributed by atoms with Crippen molar-refractivity contribution in [3.63, 3.8) is 0 Å². The van der Waals surface area contributed by atoms with E-state index >= 15 is 0 Å². The van der Waals surface area contributed by atoms with E-state index in [0.717, 1.165) is 18.8 Å². The zero-order valence-corrected chi connectivity index (χ0v) is 17.5. The van der Waals surface area contributed by atoms with E-state index in [2.05, 4.69) is 27.7 Å². The van der Waals surface area contributed by atoms with Crippen molar-refractivity contribution in [2.24, 2.45) is 0 Å². The average molecular weight is 409 g/mol. The van der Waals surface area contributed by atoms with Gasteiger partial charge in [-0.15, -0.1) is 23.7 Å². The number of rotatable bonds is 7. The van der Waals surface area contributed by atoms with Gasteiger partial charge < -0.3 is 10.1 Å². The summed E-state index contributed by atoms with van der Waals surface area (Å²) >= 11 is 1.78. The van der Waals surface area contributed by atoms with Crippen LogP contribution in [0.15, 0.2) is 41.8 Å². The summed E-state index contributed by atoms with van der Waals surface area (Å²) in [5.41, 5.74) is 0.675. The molecule has 4 nitrogen and oxygen atoms in total. The van der Waals surface area contributed by atoms with E-state index in [1.807, 2.05) is 31.2 Å². The average Bonchev–Trinajstić information content (AvgIpc) is 3.05. The van der Waals surface area contributed by atoms with Gasteiger partial charge in [-0.1, -0.05) is 18.9 Å². The van der Waals surface area contributed by atoms with Crippen molar-refractivity contribution in [2.75, 3.05) is 26.2 Å². The largest absolute Gasteiger partial charge is 0.494 e. The molecule has 148 valence electrons. The van der Waals surface area contributed by atoms with E-state index in [4.69, 9.17) is 4.74 Å². The van der Waals surface area contributed by atoms with Crippen molar-refractivity contribution in [1.29, 1.82) is 0 Å². The minimum Gasteiger partial charge on any atom is -0.494 e. The van der Waals surface area contributed by atoms with Crippen LogP contribution in [0.25, 0.3) is 0 Å². The van der Waals surface area contributed by atoms with Crippen LogP contribution in [0.3, 0.4) is 0 Å². The highest BCUT2D eigenvalue weighted by atomic mass is 35.5. The summed E-state index contributed by atoms with van der Waals surface area (Å²) in [5, 5.41) is 5.26. The first-order valence-corrected chi connectivity index (χ1v) is 10.4. The van der Waals surface area contributed by atoms with Crippen molar-refractivity contribution < 1.29 is 9.53 Å². The number of halogens is 1. The molecule has 2 heterocycles. The van der Waals surface area contributed by atoms with Gasteiger partial charge in [0.15, 0.2) is 0 Å². The summed E-state index contributed by atoms with van der Waals surface area (Å²) in [6, 6.07) is 11.9. The Labute approximate surface area is 172 Å². The maximum absolute atomic E-state index is 12.6. The fourth-order valence-corrected chi connectivity index (χ4v) is 4.32. The van der Waals surface area contributed by atoms with Crippen molar-refractivity contribution in [3.8, 4) is 5.75 Å². The number of carbonyl (C=O) groups excluding carboxylic acids is 1. The van der Waals surface area contributed by atoms with Crippen LogP contribution >= 0.6 is 23.7 Å². The SMILES string of the molecule is CCOc1ccc(C(=O)NCC(c2cccs2)N2CCCCCC2)cc1.Cl. The number of hydrogen-bond acceptors (Lipinski definition) is 4. The third kappa shape index (κ3) is 6.23. The van der Waals surface area contributed by atoms with Crippen LogP contribution in [-0.2, 0) is 0 Å². The number of amides is 1. The van der Waals surface area contributed by atoms with Crippen LogP contribution in [0.2, 0.25) is 0 Å². The molecule has 0 radical (unpaired) electrons. The predicted molar refractivity (Wildman–Crippen MR) is 114 cm³/mol. The lowest BCUT2D eigenvalue weighted by molar-refractivity contribution is 0.0934. The Morgan fingerprint density at radius 1 is 1.15 bits per heavy atom. The molecular formula is C21H29ClN2O2S. The molecule has 0 saturated carbocycles. The molecule has 1 N–H and O–H groups in total. The third-order valence-corrected chi connectivity index (χ3v) is 5.81. The zero-order valence-electron chi connectivity index (χ0n) is 15.9. The summed E-state index contributed by atoms with van der Waals surface area (Å²) in [5.74, 6) is 0.773. The molecule has 1 saturated heterocycles. The van der Waals surface area contributed by atoms with Gasteiger partial charge >= 0.3 is 0 Å². The number of ether oxygens (including phenoxy) is 1. The fraction of sp³-hybridized carbons (Fsp3) is 0.476. The lowest BCUT2D eigenvalue weighted by Crippen LogP contribution is -2.38. The van der Waals surface area contributed by atoms with E-state index in [-0.39, 0.29) is 24.4 Å². The topological polar surface area (TPSA) is 41.6 Å². The molecule has 3 rings (SSSR count). The number of nitrogens with zero attached hydrogens (tertiary/aromatic N) is 1. The molecule has 27 heavy (non-hydrogen) atoms. The quantitative estimate of drug-likeness (QED) is 0.707. The highest BCUT2D eigenvalue weighted by Gasteiger charge is 2.23. The third-order valence-electron chi connectivity index (χ3n) is 4.84. The predicted octanol–water partition coefficient (Wildman–Crippen LogP) is 4.92. The molecule has 0 aliphatic carbocycles. The normalized spacial score (nSPS) is 16.0. The molecule has 1 unspecified atom stereocenters. The van der Waals surface area contributed by atoms with Gasteiger partial charge in [0.1, 0.15) is 5.75 Å². The second-order valence-corrected chi connectivity index (χ2v) is 7.63. The van der Waals surface area contributed by atoms with Crippen LogP contribution in [0.5, 0.6) is 5.75 Å². The smallest absolute Gasteiger partial charge is 0.251 e. The lowest BCUT2D eigenvalue weighted by Gasteiger charge is -2.30. The van der Waals surface area contributed by atoms with Crippen LogP contribution in [-0.4, -0.2) is 37.0 Å². The Hall–Kier alpha value is -1.56. The first-order valence-electron chi connectivity index (χ1n) is 9.56. The fourth-order valence-electron chi connectivity index (χ4n) is 3.46. The molecule has 1 aromatic heterocycles. The number of thiophene rings is 1. The van der Waals surface area contributed by atoms with Gasteiger partial charge in [-0.2, -0.15) is 0 Å². The Kier molecular flexibility index (Phi) is 9.11. The van der Waals surface area contributed by atoms with Gasteiger partial charge in [-0.25, -0.2) is 0 Å². The van der Waals surface area contributed by atoms with E-state index in [1.165, 1.54) is 30.6 Å². The number of carbonyl (C=O) groups is 1. The molecule has 6 heteroatoms. The van der Waals surface area contributed by atoms with Gasteiger partial charge in [0, 0.05) is 17.0 Å². The molecule has 1 aromatic carbocycles. The maximum Gasteiger partial charge on any atom is 0.251 e. The van der Waals surface area contributed by atoms with Crippen LogP contribution in [0.1, 0.15) is 53.9 Å². The Morgan fingerprint density at radius 3 is 2.44 bits per heavy atom. The second kappa shape index (κ2) is 11.3. The zero-order chi connectivity index (χ0) is 18.2. The number of nitrogens with one attached hydrogen (secondary N) is 1. The van der Waals surface area contributed by atoms with Gasteiger partial charge in [0.2, 0.25) is 0 Å². The van der Waals surface area contributed by atoms with E-state index in [0.29, 0.717) is 18.7 Å². The summed E-state index contributed by atoms with van der Waals surface area (Å²) in [4.78, 5) is 16.4. The monoisotopic (exact) mass is 408 g/mol. The molecule has 1 aliphatic rings. The minimum atomic E-state index is -0.0237. The maximum atomic E-state index is 12.6. The van der Waals surface area contributed by atoms with Crippen molar-refractivity contribution in [1.82, 2.24) is 10.2 Å². The van der Waals surface area contributed by atoms with Crippen molar-refractivity contribution in [2.45, 2.75) is 38.6 Å². The van der Waals surface area contributed by atoms with Crippen LogP contribution in [0.4, 0.5) is 0 Å². The molecule has 1 fully saturated rings. The summed E-state index contributed by atoms with van der Waals surface area (Å²) < 4.78 is 5.44. The first kappa shape index (κ1) is 21.7. The molecule has 1 aliphatic heterocycles. The number of hydrogen-bond donors (Lipinski definition) is 1. The molecule has 1 amide bonds. The standard InChI is InChI=1S/C21H28N2O2S.ClH/c1-2-25-18-11-9-17(10-12-18)21(24)22-16-19(20-8-7-15-26-20)23-13-5-3-4-6-14-23;/h7-12,15,19H,2-6,13-14,16H2,1H3,(H,22,24);1H. The lowest BCUT2D eigenvalue weighted by atomic mass is 10.1. The van der Waals surface area contributed by atoms with Crippen molar-refractivity contribution >= 4 is 29.7 Å². The van der Waals surface area contributed by atoms with E-state index < -0.39 is 0 Å². The summed E-state index contributed by atoms with van der Waals surface area (Å²) in [7, 11) is 0. The Bertz CT molecular complexity index is 668. The molecule has 0 spiro atoms. The van der Waals surface area contributed by atoms with Crippen molar-refractivity contribution in [3.05, 3.63) is 52.2 Å². The minimum absolute atomic E-state index is 0. The Morgan fingerprint density at radius 2 is 1.85 bits per heavy atom. The van der Waals surface area contributed by atoms with Crippen LogP contribution in [0, 0.1) is 0 Å². The summed E-state index contributed by atoms with van der Waals surface area (Å²) in [6.07, 6.45) is 5.11. The molecule has 0 bridgehead atoms. The second-order valence-electron chi connectivity index (χ2n) is 6.65. The highest BCUT2D eigenvalue weighted by Crippen LogP contribution is 2.27. The first-order chi connectivity index (χ1) is 12.8. The number of benzene rings is 1. The highest BCUT2D eigenvalue weighted by molar-refractivity contribution is 7.10.